The summed E-state index contributed by atoms with van der Waals surface area (Å²) in [5.41, 5.74) is -0.862. The number of epoxide rings is 1. The highest BCUT2D eigenvalue weighted by Gasteiger charge is 2.83. The molecule has 6 fully saturated rings. The third-order valence-corrected chi connectivity index (χ3v) is 14.7. The summed E-state index contributed by atoms with van der Waals surface area (Å²) in [6.07, 6.45) is 1.06. The molecule has 0 aromatic carbocycles. The van der Waals surface area contributed by atoms with Crippen molar-refractivity contribution in [1.82, 2.24) is 0 Å². The molecule has 2 saturated heterocycles. The molecule has 3 N–H and O–H groups in total. The Hall–Kier alpha value is -1.69. The normalized spacial score (nSPS) is 51.0. The quantitative estimate of drug-likeness (QED) is 0.210. The van der Waals surface area contributed by atoms with Crippen LogP contribution in [0.3, 0.4) is 0 Å². The van der Waals surface area contributed by atoms with Crippen molar-refractivity contribution in [3.05, 3.63) is 11.6 Å². The molecule has 0 aromatic heterocycles. The van der Waals surface area contributed by atoms with E-state index in [9.17, 15) is 29.7 Å². The molecule has 0 aromatic rings. The van der Waals surface area contributed by atoms with Crippen molar-refractivity contribution in [2.45, 2.75) is 149 Å². The van der Waals surface area contributed by atoms with Crippen LogP contribution in [0.1, 0.15) is 100 Å². The highest BCUT2D eigenvalue weighted by atomic mass is 16.7. The molecule has 2 spiro atoms. The summed E-state index contributed by atoms with van der Waals surface area (Å²) in [4.78, 5) is 40.2. The third kappa shape index (κ3) is 4.46. The van der Waals surface area contributed by atoms with Gasteiger partial charge in [-0.3, -0.25) is 14.4 Å². The first-order valence-corrected chi connectivity index (χ1v) is 17.7. The van der Waals surface area contributed by atoms with Gasteiger partial charge >= 0.3 is 5.97 Å². The van der Waals surface area contributed by atoms with E-state index in [1.807, 2.05) is 20.8 Å². The molecule has 10 nitrogen and oxygen atoms in total. The van der Waals surface area contributed by atoms with E-state index in [-0.39, 0.29) is 64.7 Å². The van der Waals surface area contributed by atoms with E-state index >= 15 is 0 Å². The molecule has 0 amide bonds. The summed E-state index contributed by atoms with van der Waals surface area (Å²) in [7, 11) is 0. The van der Waals surface area contributed by atoms with Crippen LogP contribution < -0.4 is 0 Å². The number of hydrogen-bond donors (Lipinski definition) is 3. The summed E-state index contributed by atoms with van der Waals surface area (Å²) < 4.78 is 24.0. The summed E-state index contributed by atoms with van der Waals surface area (Å²) in [5, 5.41) is 30.8. The minimum Gasteiger partial charge on any atom is -0.462 e. The van der Waals surface area contributed by atoms with Crippen LogP contribution in [0.25, 0.3) is 0 Å². The van der Waals surface area contributed by atoms with Gasteiger partial charge in [-0.15, -0.1) is 0 Å². The van der Waals surface area contributed by atoms with Gasteiger partial charge in [0.25, 0.3) is 0 Å². The van der Waals surface area contributed by atoms with Crippen LogP contribution in [0.4, 0.5) is 0 Å². The smallest absolute Gasteiger partial charge is 0.302 e. The molecule has 262 valence electrons. The monoisotopic (exact) mass is 658 g/mol. The minimum atomic E-state index is -1.34. The number of aliphatic hydroxyl groups is 3. The molecule has 5 aliphatic carbocycles. The average Bonchev–Trinajstić information content (AvgIpc) is 3.80. The van der Waals surface area contributed by atoms with E-state index in [1.54, 1.807) is 0 Å². The molecule has 0 radical (unpaired) electrons. The lowest BCUT2D eigenvalue weighted by molar-refractivity contribution is -0.300. The van der Waals surface area contributed by atoms with Crippen LogP contribution in [0.15, 0.2) is 11.6 Å². The fourth-order valence-corrected chi connectivity index (χ4v) is 12.3. The van der Waals surface area contributed by atoms with E-state index < -0.39 is 59.2 Å². The van der Waals surface area contributed by atoms with Gasteiger partial charge in [-0.2, -0.15) is 0 Å². The molecule has 7 rings (SSSR count). The summed E-state index contributed by atoms with van der Waals surface area (Å²) >= 11 is 0. The predicted octanol–water partition coefficient (Wildman–Crippen LogP) is 3.66. The lowest BCUT2D eigenvalue weighted by atomic mass is 9.44. The van der Waals surface area contributed by atoms with Crippen molar-refractivity contribution in [3.63, 3.8) is 0 Å². The summed E-state index contributed by atoms with van der Waals surface area (Å²) in [6.45, 7) is 15.9. The number of carbonyl (C=O) groups excluding carboxylic acids is 3. The zero-order chi connectivity index (χ0) is 34.3. The van der Waals surface area contributed by atoms with Crippen LogP contribution in [0.2, 0.25) is 0 Å². The van der Waals surface area contributed by atoms with E-state index in [2.05, 4.69) is 33.8 Å². The number of hydrogen-bond acceptors (Lipinski definition) is 10. The van der Waals surface area contributed by atoms with Crippen molar-refractivity contribution in [2.24, 2.45) is 44.8 Å². The molecule has 10 heteroatoms. The first-order valence-electron chi connectivity index (χ1n) is 17.7. The van der Waals surface area contributed by atoms with Gasteiger partial charge in [0.05, 0.1) is 18.3 Å². The second-order valence-electron chi connectivity index (χ2n) is 17.8. The van der Waals surface area contributed by atoms with Gasteiger partial charge in [-0.1, -0.05) is 46.3 Å². The molecule has 2 heterocycles. The van der Waals surface area contributed by atoms with Gasteiger partial charge in [0.1, 0.15) is 36.3 Å². The molecule has 14 atom stereocenters. The Morgan fingerprint density at radius 2 is 1.74 bits per heavy atom. The lowest BCUT2D eigenvalue weighted by Gasteiger charge is -2.61. The molecule has 2 aliphatic heterocycles. The molecular formula is C37H54O10. The highest BCUT2D eigenvalue weighted by Crippen LogP contribution is 2.88. The molecule has 0 bridgehead atoms. The second kappa shape index (κ2) is 10.4. The molecular weight excluding hydrogens is 604 g/mol. The van der Waals surface area contributed by atoms with Crippen molar-refractivity contribution in [2.75, 3.05) is 6.61 Å². The molecule has 4 saturated carbocycles. The van der Waals surface area contributed by atoms with Crippen molar-refractivity contribution in [3.8, 4) is 0 Å². The second-order valence-corrected chi connectivity index (χ2v) is 17.8. The van der Waals surface area contributed by atoms with Crippen molar-refractivity contribution >= 4 is 17.5 Å². The first kappa shape index (κ1) is 33.8. The van der Waals surface area contributed by atoms with Gasteiger partial charge in [-0.05, 0) is 68.6 Å². The van der Waals surface area contributed by atoms with Crippen LogP contribution in [-0.4, -0.2) is 88.0 Å². The molecule has 7 aliphatic rings. The van der Waals surface area contributed by atoms with Gasteiger partial charge in [0.2, 0.25) is 0 Å². The van der Waals surface area contributed by atoms with Crippen LogP contribution in [0, 0.1) is 44.8 Å². The molecule has 47 heavy (non-hydrogen) atoms. The number of Topliss-reactive ketones (excluding diaryl/α,β-unsaturated/α-hetero) is 2. The third-order valence-electron chi connectivity index (χ3n) is 14.7. The number of ether oxygens (including phenoxy) is 4. The number of allylic oxidation sites excluding steroid dienone is 2. The zero-order valence-electron chi connectivity index (χ0n) is 29.2. The predicted molar refractivity (Wildman–Crippen MR) is 169 cm³/mol. The van der Waals surface area contributed by atoms with Crippen molar-refractivity contribution < 1.29 is 48.7 Å². The van der Waals surface area contributed by atoms with E-state index in [1.165, 1.54) is 12.5 Å². The largest absolute Gasteiger partial charge is 0.462 e. The Bertz CT molecular complexity index is 1400. The maximum Gasteiger partial charge on any atom is 0.302 e. The number of aliphatic hydroxyl groups excluding tert-OH is 3. The Kier molecular flexibility index (Phi) is 7.49. The average molecular weight is 659 g/mol. The number of rotatable bonds is 7. The van der Waals surface area contributed by atoms with Gasteiger partial charge in [-0.25, -0.2) is 0 Å². The first-order chi connectivity index (χ1) is 21.8. The SMILES string of the molecule is CC(=O)OC1CC23CC24CCC(OC2OCC(O)C(O)C2O)C(C)(C)C4CC=C3C2(C)CC(=O)C(C(C)CC(=O)C3OC3(C)C)C12C. The topological polar surface area (TPSA) is 152 Å². The van der Waals surface area contributed by atoms with Gasteiger partial charge < -0.3 is 34.3 Å². The standard InChI is InChI=1S/C37H54O10/c1-18(13-20(39)30-33(5,6)47-30)27-21(40)14-34(7)24-10-9-23-32(3,4)25(46-31-29(43)28(42)22(41)16-44-31)11-12-36(23)17-37(24,36)15-26(35(27,34)8)45-19(2)38/h10,18,22-23,25-31,41-43H,9,11-17H2,1-8H3. The Morgan fingerprint density at radius 3 is 2.38 bits per heavy atom. The van der Waals surface area contributed by atoms with E-state index in [0.29, 0.717) is 12.8 Å². The van der Waals surface area contributed by atoms with Crippen LogP contribution in [-0.2, 0) is 33.3 Å². The fourth-order valence-electron chi connectivity index (χ4n) is 12.3. The van der Waals surface area contributed by atoms with Crippen LogP contribution >= 0.6 is 0 Å². The maximum absolute atomic E-state index is 14.2. The zero-order valence-corrected chi connectivity index (χ0v) is 29.2. The Balaban J connectivity index is 1.20. The maximum atomic E-state index is 14.2. The molecule has 14 unspecified atom stereocenters. The number of fused-ring (bicyclic) bond motifs is 2. The fraction of sp³-hybridized carbons (Fsp3) is 0.865. The number of ketones is 2. The minimum absolute atomic E-state index is 0.0303. The van der Waals surface area contributed by atoms with E-state index in [4.69, 9.17) is 18.9 Å². The van der Waals surface area contributed by atoms with Crippen LogP contribution in [0.5, 0.6) is 0 Å². The lowest BCUT2D eigenvalue weighted by Crippen LogP contribution is -2.60. The van der Waals surface area contributed by atoms with Gasteiger partial charge in [0.15, 0.2) is 12.1 Å². The summed E-state index contributed by atoms with van der Waals surface area (Å²) in [6, 6.07) is 0. The Morgan fingerprint density at radius 1 is 1.06 bits per heavy atom. The van der Waals surface area contributed by atoms with Crippen molar-refractivity contribution in [1.29, 1.82) is 0 Å². The number of esters is 1. The highest BCUT2D eigenvalue weighted by molar-refractivity contribution is 5.90. The van der Waals surface area contributed by atoms with Gasteiger partial charge in [0, 0.05) is 41.9 Å². The summed E-state index contributed by atoms with van der Waals surface area (Å²) in [5.74, 6) is -0.579. The van der Waals surface area contributed by atoms with E-state index in [0.717, 1.165) is 25.7 Å². The Labute approximate surface area is 277 Å². The number of carbonyl (C=O) groups is 3.